The fourth-order valence-corrected chi connectivity index (χ4v) is 2.09. The average Bonchev–Trinajstić information content (AvgIpc) is 3.18. The molecular formula is C19H24F3N4O3Rb. The summed E-state index contributed by atoms with van der Waals surface area (Å²) in [4.78, 5) is 3.80. The number of alkyl halides is 3. The number of hydrogen-bond donors (Lipinski definition) is 1. The molecule has 0 aromatic carbocycles. The second-order valence-corrected chi connectivity index (χ2v) is 5.50. The molecule has 0 spiro atoms. The van der Waals surface area contributed by atoms with Crippen LogP contribution >= 0.6 is 0 Å². The van der Waals surface area contributed by atoms with E-state index in [4.69, 9.17) is 14.9 Å². The summed E-state index contributed by atoms with van der Waals surface area (Å²) in [6.45, 7) is 10.9. The molecule has 2 aromatic heterocycles. The largest absolute Gasteiger partial charge is 1.00 e. The van der Waals surface area contributed by atoms with Gasteiger partial charge >= 0.3 is 64.4 Å². The van der Waals surface area contributed by atoms with Crippen LogP contribution in [0.4, 0.5) is 18.9 Å². The molecule has 1 atom stereocenters. The third-order valence-corrected chi connectivity index (χ3v) is 3.43. The third kappa shape index (κ3) is 8.22. The quantitative estimate of drug-likeness (QED) is 0.407. The number of allylic oxidation sites excluding steroid dienone is 1. The molecule has 2 N–H and O–H groups in total. The maximum Gasteiger partial charge on any atom is 1.00 e. The van der Waals surface area contributed by atoms with E-state index in [-0.39, 0.29) is 94.4 Å². The van der Waals surface area contributed by atoms with Crippen LogP contribution in [0.1, 0.15) is 50.7 Å². The Balaban J connectivity index is 0.00000272. The van der Waals surface area contributed by atoms with E-state index in [1.54, 1.807) is 6.08 Å². The van der Waals surface area contributed by atoms with Crippen molar-refractivity contribution in [1.82, 2.24) is 15.2 Å². The van der Waals surface area contributed by atoms with E-state index in [0.29, 0.717) is 18.9 Å². The van der Waals surface area contributed by atoms with Crippen LogP contribution in [0.15, 0.2) is 35.8 Å². The van der Waals surface area contributed by atoms with Gasteiger partial charge in [0.1, 0.15) is 5.56 Å². The van der Waals surface area contributed by atoms with Crippen LogP contribution < -0.4 is 73.8 Å². The van der Waals surface area contributed by atoms with Crippen LogP contribution in [0.3, 0.4) is 0 Å². The second-order valence-electron chi connectivity index (χ2n) is 5.50. The Hall–Kier alpha value is -1.07. The fourth-order valence-electron chi connectivity index (χ4n) is 2.09. The van der Waals surface area contributed by atoms with E-state index in [0.717, 1.165) is 0 Å². The van der Waals surface area contributed by atoms with Crippen molar-refractivity contribution in [3.05, 3.63) is 42.8 Å². The van der Waals surface area contributed by atoms with Gasteiger partial charge < -0.3 is 20.0 Å². The van der Waals surface area contributed by atoms with Crippen LogP contribution in [0.2, 0.25) is 0 Å². The Morgan fingerprint density at radius 2 is 1.87 bits per heavy atom. The monoisotopic (exact) mass is 498 g/mol. The number of hydrogen-bond acceptors (Lipinski definition) is 7. The van der Waals surface area contributed by atoms with Crippen molar-refractivity contribution >= 4 is 5.69 Å². The number of halogens is 3. The molecule has 0 aliphatic carbocycles. The Labute approximate surface area is 222 Å². The zero-order valence-electron chi connectivity index (χ0n) is 17.3. The minimum absolute atomic E-state index is 0. The SMILES string of the molecule is C=CCCOc1nc(-c2nnc(C([O-])CCC=C)o2)c(N)cc1C(F)(F)F.CC.[Rb+]. The van der Waals surface area contributed by atoms with Crippen molar-refractivity contribution in [1.29, 1.82) is 0 Å². The molecule has 0 aliphatic heterocycles. The molecule has 2 aromatic rings. The predicted molar refractivity (Wildman–Crippen MR) is 101 cm³/mol. The molecule has 1 unspecified atom stereocenters. The van der Waals surface area contributed by atoms with Crippen molar-refractivity contribution in [3.63, 3.8) is 0 Å². The van der Waals surface area contributed by atoms with Gasteiger partial charge in [-0.2, -0.15) is 13.2 Å². The number of aromatic nitrogens is 3. The molecule has 0 fully saturated rings. The topological polar surface area (TPSA) is 110 Å². The zero-order valence-corrected chi connectivity index (χ0v) is 22.2. The van der Waals surface area contributed by atoms with Gasteiger partial charge in [-0.1, -0.05) is 32.4 Å². The minimum Gasteiger partial charge on any atom is -0.845 e. The predicted octanol–water partition coefficient (Wildman–Crippen LogP) is 1.09. The molecule has 11 heteroatoms. The molecule has 2 rings (SSSR count). The number of nitrogens with two attached hydrogens (primary N) is 1. The van der Waals surface area contributed by atoms with E-state index in [1.165, 1.54) is 6.08 Å². The first kappa shape index (κ1) is 28.9. The van der Waals surface area contributed by atoms with Gasteiger partial charge in [0.2, 0.25) is 11.8 Å². The first-order chi connectivity index (χ1) is 13.8. The van der Waals surface area contributed by atoms with Crippen molar-refractivity contribution in [2.75, 3.05) is 12.3 Å². The molecule has 0 aliphatic rings. The smallest absolute Gasteiger partial charge is 0.845 e. The summed E-state index contributed by atoms with van der Waals surface area (Å²) in [5, 5.41) is 19.3. The van der Waals surface area contributed by atoms with Crippen molar-refractivity contribution in [2.45, 2.75) is 45.4 Å². The van der Waals surface area contributed by atoms with Gasteiger partial charge in [-0.15, -0.1) is 23.4 Å². The number of anilines is 1. The fraction of sp³-hybridized carbons (Fsp3) is 0.421. The van der Waals surface area contributed by atoms with Crippen LogP contribution in [0.5, 0.6) is 5.88 Å². The van der Waals surface area contributed by atoms with Crippen LogP contribution in [0, 0.1) is 0 Å². The van der Waals surface area contributed by atoms with Gasteiger partial charge in [-0.05, 0) is 25.0 Å². The molecule has 0 radical (unpaired) electrons. The summed E-state index contributed by atoms with van der Waals surface area (Å²) < 4.78 is 50.0. The molecule has 7 nitrogen and oxygen atoms in total. The summed E-state index contributed by atoms with van der Waals surface area (Å²) in [5.74, 6) is -1.13. The molecule has 2 heterocycles. The molecule has 0 saturated heterocycles. The van der Waals surface area contributed by atoms with E-state index >= 15 is 0 Å². The Bertz CT molecular complexity index is 813. The van der Waals surface area contributed by atoms with Crippen molar-refractivity contribution in [3.8, 4) is 17.5 Å². The van der Waals surface area contributed by atoms with Gasteiger partial charge in [0.05, 0.1) is 12.3 Å². The Morgan fingerprint density at radius 3 is 2.43 bits per heavy atom. The molecule has 0 bridgehead atoms. The van der Waals surface area contributed by atoms with E-state index < -0.39 is 23.7 Å². The normalized spacial score (nSPS) is 11.5. The Kier molecular flexibility index (Phi) is 13.6. The summed E-state index contributed by atoms with van der Waals surface area (Å²) >= 11 is 0. The van der Waals surface area contributed by atoms with Crippen molar-refractivity contribution in [2.24, 2.45) is 0 Å². The third-order valence-electron chi connectivity index (χ3n) is 3.43. The van der Waals surface area contributed by atoms with Gasteiger partial charge in [0.15, 0.2) is 5.69 Å². The van der Waals surface area contributed by atoms with E-state index in [1.807, 2.05) is 13.8 Å². The van der Waals surface area contributed by atoms with Gasteiger partial charge in [0, 0.05) is 0 Å². The first-order valence-corrected chi connectivity index (χ1v) is 8.99. The van der Waals surface area contributed by atoms with Crippen LogP contribution in [-0.2, 0) is 6.18 Å². The van der Waals surface area contributed by atoms with Gasteiger partial charge in [-0.25, -0.2) is 4.98 Å². The first-order valence-electron chi connectivity index (χ1n) is 8.99. The van der Waals surface area contributed by atoms with Crippen molar-refractivity contribution < 1.29 is 85.6 Å². The summed E-state index contributed by atoms with van der Waals surface area (Å²) in [6.07, 6.45) is -1.97. The minimum atomic E-state index is -4.71. The van der Waals surface area contributed by atoms with Crippen LogP contribution in [-0.4, -0.2) is 21.8 Å². The number of pyridine rings is 1. The maximum absolute atomic E-state index is 13.2. The summed E-state index contributed by atoms with van der Waals surface area (Å²) in [7, 11) is 0. The molecule has 0 amide bonds. The second kappa shape index (κ2) is 14.1. The zero-order chi connectivity index (χ0) is 22.0. The maximum atomic E-state index is 13.2. The molecular weight excluding hydrogens is 475 g/mol. The van der Waals surface area contributed by atoms with E-state index in [9.17, 15) is 18.3 Å². The standard InChI is InChI=1S/C17H18F3N4O3.C2H6.Rb/c1-3-5-7-12(25)15-23-24-16(27-15)13-11(21)9-10(17(18,19)20)14(22-13)26-8-6-4-2;1-2;/h3-4,9,12H,1-2,5-8,21H2;1-2H3;/q-1;;+1. The van der Waals surface area contributed by atoms with Gasteiger partial charge in [0.25, 0.3) is 5.89 Å². The van der Waals surface area contributed by atoms with Gasteiger partial charge in [-0.3, -0.25) is 0 Å². The summed E-state index contributed by atoms with van der Waals surface area (Å²) in [5.41, 5.74) is 4.04. The average molecular weight is 499 g/mol. The molecule has 0 saturated carbocycles. The molecule has 30 heavy (non-hydrogen) atoms. The number of ether oxygens (including phenoxy) is 1. The van der Waals surface area contributed by atoms with Crippen LogP contribution in [0.25, 0.3) is 11.6 Å². The molecule has 160 valence electrons. The Morgan fingerprint density at radius 1 is 1.23 bits per heavy atom. The number of nitrogen functional groups attached to an aromatic ring is 1. The number of rotatable bonds is 9. The summed E-state index contributed by atoms with van der Waals surface area (Å²) in [6, 6.07) is 0.682. The van der Waals surface area contributed by atoms with E-state index in [2.05, 4.69) is 28.3 Å². The number of nitrogens with zero attached hydrogens (tertiary/aromatic N) is 3.